The minimum absolute atomic E-state index is 0.160. The largest absolute Gasteiger partial charge is 0.432 e. The Morgan fingerprint density at radius 2 is 1.47 bits per heavy atom. The molecule has 1 aliphatic carbocycles. The van der Waals surface area contributed by atoms with E-state index in [-0.39, 0.29) is 5.56 Å². The molecule has 3 aromatic carbocycles. The second-order valence-corrected chi connectivity index (χ2v) is 8.83. The molecule has 190 valence electrons. The van der Waals surface area contributed by atoms with Crippen molar-refractivity contribution in [3.8, 4) is 11.5 Å². The molecule has 0 heterocycles. The van der Waals surface area contributed by atoms with Crippen LogP contribution in [0.1, 0.15) is 52.4 Å². The van der Waals surface area contributed by atoms with E-state index >= 15 is 0 Å². The smallest absolute Gasteiger partial charge is 0.429 e. The van der Waals surface area contributed by atoms with E-state index in [9.17, 15) is 31.1 Å². The highest BCUT2D eigenvalue weighted by molar-refractivity contribution is 5.91. The molecule has 0 fully saturated rings. The lowest BCUT2D eigenvalue weighted by atomic mass is 10.0. The Morgan fingerprint density at radius 1 is 0.889 bits per heavy atom. The number of fused-ring (bicyclic) bond motifs is 1. The van der Waals surface area contributed by atoms with Crippen LogP contribution < -0.4 is 9.47 Å². The van der Waals surface area contributed by atoms with Gasteiger partial charge in [0.15, 0.2) is 0 Å². The zero-order valence-electron chi connectivity index (χ0n) is 19.4. The van der Waals surface area contributed by atoms with Crippen LogP contribution in [0.2, 0.25) is 0 Å². The monoisotopic (exact) mass is 508 g/mol. The van der Waals surface area contributed by atoms with Crippen LogP contribution in [0.3, 0.4) is 0 Å². The SMILES string of the molecule is CCCC1Cc2ccc(C(=O)Oc3cc(F)c(C(F)(F)Oc4cc(F)c(C)c(F)c4)c(F)c3)cc2C1. The Labute approximate surface area is 203 Å². The van der Waals surface area contributed by atoms with Gasteiger partial charge < -0.3 is 9.47 Å². The van der Waals surface area contributed by atoms with E-state index in [0.717, 1.165) is 43.7 Å². The molecule has 0 spiro atoms. The van der Waals surface area contributed by atoms with Crippen LogP contribution in [-0.2, 0) is 19.0 Å². The predicted octanol–water partition coefficient (Wildman–Crippen LogP) is 7.41. The van der Waals surface area contributed by atoms with Crippen molar-refractivity contribution >= 4 is 5.97 Å². The van der Waals surface area contributed by atoms with Crippen LogP contribution in [0.25, 0.3) is 0 Å². The summed E-state index contributed by atoms with van der Waals surface area (Å²) in [4.78, 5) is 12.5. The number of carbonyl (C=O) groups excluding carboxylic acids is 1. The van der Waals surface area contributed by atoms with Crippen LogP contribution in [0, 0.1) is 36.1 Å². The standard InChI is InChI=1S/C27H22F6O3/c1-3-4-15-7-16-5-6-17(9-18(16)8-15)26(34)35-19-10-23(30)25(24(31)11-19)27(32,33)36-20-12-21(28)14(2)22(29)13-20/h5-6,9-13,15H,3-4,7-8H2,1-2H3. The Morgan fingerprint density at radius 3 is 2.08 bits per heavy atom. The van der Waals surface area contributed by atoms with E-state index in [0.29, 0.717) is 30.2 Å². The fourth-order valence-electron chi connectivity index (χ4n) is 4.38. The molecular formula is C27H22F6O3. The maximum absolute atomic E-state index is 14.5. The molecule has 0 aliphatic heterocycles. The van der Waals surface area contributed by atoms with Gasteiger partial charge in [-0.3, -0.25) is 0 Å². The molecule has 0 N–H and O–H groups in total. The minimum Gasteiger partial charge on any atom is -0.429 e. The topological polar surface area (TPSA) is 35.5 Å². The van der Waals surface area contributed by atoms with E-state index in [1.54, 1.807) is 18.2 Å². The summed E-state index contributed by atoms with van der Waals surface area (Å²) in [5.74, 6) is -7.90. The average molecular weight is 508 g/mol. The summed E-state index contributed by atoms with van der Waals surface area (Å²) in [5, 5.41) is 0. The van der Waals surface area contributed by atoms with E-state index in [4.69, 9.17) is 4.74 Å². The van der Waals surface area contributed by atoms with Gasteiger partial charge in [0.2, 0.25) is 0 Å². The predicted molar refractivity (Wildman–Crippen MR) is 119 cm³/mol. The third-order valence-electron chi connectivity index (χ3n) is 6.17. The molecule has 0 bridgehead atoms. The summed E-state index contributed by atoms with van der Waals surface area (Å²) in [5.41, 5.74) is 0.0489. The van der Waals surface area contributed by atoms with Gasteiger partial charge in [0.25, 0.3) is 0 Å². The fraction of sp³-hybridized carbons (Fsp3) is 0.296. The van der Waals surface area contributed by atoms with Crippen molar-refractivity contribution in [1.29, 1.82) is 0 Å². The summed E-state index contributed by atoms with van der Waals surface area (Å²) >= 11 is 0. The first-order valence-electron chi connectivity index (χ1n) is 11.3. The number of hydrogen-bond acceptors (Lipinski definition) is 3. The quantitative estimate of drug-likeness (QED) is 0.189. The molecule has 0 saturated heterocycles. The fourth-order valence-corrected chi connectivity index (χ4v) is 4.38. The Kier molecular flexibility index (Phi) is 7.02. The Bertz CT molecular complexity index is 1270. The summed E-state index contributed by atoms with van der Waals surface area (Å²) in [6.07, 6.45) is -0.800. The van der Waals surface area contributed by atoms with Gasteiger partial charge >= 0.3 is 12.1 Å². The molecule has 0 saturated carbocycles. The van der Waals surface area contributed by atoms with E-state index in [1.165, 1.54) is 0 Å². The molecule has 0 amide bonds. The van der Waals surface area contributed by atoms with Gasteiger partial charge in [-0.1, -0.05) is 25.8 Å². The van der Waals surface area contributed by atoms with Crippen LogP contribution in [0.15, 0.2) is 42.5 Å². The van der Waals surface area contributed by atoms with Gasteiger partial charge in [0.1, 0.15) is 40.3 Å². The number of alkyl halides is 2. The highest BCUT2D eigenvalue weighted by Crippen LogP contribution is 2.37. The molecule has 0 radical (unpaired) electrons. The molecular weight excluding hydrogens is 486 g/mol. The van der Waals surface area contributed by atoms with Crippen LogP contribution in [0.4, 0.5) is 26.3 Å². The van der Waals surface area contributed by atoms with Crippen molar-refractivity contribution in [2.75, 3.05) is 0 Å². The number of rotatable bonds is 7. The first-order valence-corrected chi connectivity index (χ1v) is 11.3. The van der Waals surface area contributed by atoms with Crippen molar-refractivity contribution < 1.29 is 40.6 Å². The molecule has 36 heavy (non-hydrogen) atoms. The van der Waals surface area contributed by atoms with Gasteiger partial charge in [-0.15, -0.1) is 0 Å². The van der Waals surface area contributed by atoms with Gasteiger partial charge in [0.05, 0.1) is 5.56 Å². The number of esters is 1. The number of carbonyl (C=O) groups is 1. The molecule has 3 nitrogen and oxygen atoms in total. The second kappa shape index (κ2) is 9.87. The van der Waals surface area contributed by atoms with Gasteiger partial charge in [-0.05, 0) is 48.9 Å². The maximum atomic E-state index is 14.5. The zero-order chi connectivity index (χ0) is 26.2. The number of ether oxygens (including phenoxy) is 2. The van der Waals surface area contributed by atoms with Crippen molar-refractivity contribution in [3.05, 3.63) is 93.6 Å². The highest BCUT2D eigenvalue weighted by Gasteiger charge is 2.41. The van der Waals surface area contributed by atoms with E-state index in [2.05, 4.69) is 11.7 Å². The minimum atomic E-state index is -4.63. The van der Waals surface area contributed by atoms with E-state index in [1.807, 2.05) is 0 Å². The second-order valence-electron chi connectivity index (χ2n) is 8.83. The van der Waals surface area contributed by atoms with Gasteiger partial charge in [-0.2, -0.15) is 8.78 Å². The lowest BCUT2D eigenvalue weighted by Gasteiger charge is -2.20. The van der Waals surface area contributed by atoms with Crippen LogP contribution in [-0.4, -0.2) is 5.97 Å². The summed E-state index contributed by atoms with van der Waals surface area (Å²) in [6, 6.07) is 6.77. The number of halogens is 6. The highest BCUT2D eigenvalue weighted by atomic mass is 19.3. The van der Waals surface area contributed by atoms with Crippen molar-refractivity contribution in [2.45, 2.75) is 45.6 Å². The first kappa shape index (κ1) is 25.6. The normalized spacial score (nSPS) is 15.1. The molecule has 4 rings (SSSR count). The molecule has 9 heteroatoms. The third kappa shape index (κ3) is 5.20. The van der Waals surface area contributed by atoms with Crippen molar-refractivity contribution in [2.24, 2.45) is 5.92 Å². The summed E-state index contributed by atoms with van der Waals surface area (Å²) in [7, 11) is 0. The third-order valence-corrected chi connectivity index (χ3v) is 6.17. The van der Waals surface area contributed by atoms with E-state index < -0.39 is 58.0 Å². The molecule has 1 aliphatic rings. The van der Waals surface area contributed by atoms with Gasteiger partial charge in [0, 0.05) is 29.8 Å². The average Bonchev–Trinajstić information content (AvgIpc) is 3.18. The number of benzene rings is 3. The lowest BCUT2D eigenvalue weighted by molar-refractivity contribution is -0.189. The Balaban J connectivity index is 1.52. The summed E-state index contributed by atoms with van der Waals surface area (Å²) < 4.78 is 94.7. The van der Waals surface area contributed by atoms with Crippen molar-refractivity contribution in [3.63, 3.8) is 0 Å². The van der Waals surface area contributed by atoms with Crippen molar-refractivity contribution in [1.82, 2.24) is 0 Å². The van der Waals surface area contributed by atoms with Gasteiger partial charge in [-0.25, -0.2) is 22.4 Å². The Hall–Kier alpha value is -3.49. The summed E-state index contributed by atoms with van der Waals surface area (Å²) in [6.45, 7) is 3.18. The molecule has 3 aromatic rings. The number of hydrogen-bond donors (Lipinski definition) is 0. The molecule has 0 aromatic heterocycles. The lowest BCUT2D eigenvalue weighted by Crippen LogP contribution is -2.25. The zero-order valence-corrected chi connectivity index (χ0v) is 19.4. The molecule has 1 atom stereocenters. The maximum Gasteiger partial charge on any atom is 0.432 e. The van der Waals surface area contributed by atoms with Crippen LogP contribution in [0.5, 0.6) is 11.5 Å². The first-order chi connectivity index (χ1) is 17.0. The molecule has 1 unspecified atom stereocenters. The van der Waals surface area contributed by atoms with Crippen LogP contribution >= 0.6 is 0 Å².